The van der Waals surface area contributed by atoms with Crippen LogP contribution in [-0.2, 0) is 13.0 Å². The fourth-order valence-electron chi connectivity index (χ4n) is 2.43. The number of aromatic nitrogens is 1. The minimum atomic E-state index is 0.274. The van der Waals surface area contributed by atoms with Crippen LogP contribution >= 0.6 is 0 Å². The van der Waals surface area contributed by atoms with Gasteiger partial charge in [0.1, 0.15) is 0 Å². The monoisotopic (exact) mass is 249 g/mol. The third-order valence-corrected chi connectivity index (χ3v) is 3.38. The molecule has 0 amide bonds. The number of Topliss-reactive ketones (excluding diaryl/α,β-unsaturated/α-hetero) is 1. The lowest BCUT2D eigenvalue weighted by atomic mass is 9.95. The molecule has 2 heteroatoms. The minimum absolute atomic E-state index is 0.274. The number of aryl methyl sites for hydroxylation is 1. The summed E-state index contributed by atoms with van der Waals surface area (Å²) in [6, 6.07) is 9.94. The lowest BCUT2D eigenvalue weighted by molar-refractivity contribution is 0.0973. The fourth-order valence-corrected chi connectivity index (χ4v) is 2.43. The van der Waals surface area contributed by atoms with Gasteiger partial charge < -0.3 is 4.57 Å². The largest absolute Gasteiger partial charge is 0.342 e. The second-order valence-corrected chi connectivity index (χ2v) is 4.81. The zero-order chi connectivity index (χ0) is 13.1. The van der Waals surface area contributed by atoms with Gasteiger partial charge in [-0.25, -0.2) is 0 Å². The number of nitrogens with zero attached hydrogens (tertiary/aromatic N) is 1. The van der Waals surface area contributed by atoms with Crippen LogP contribution in [0, 0.1) is 11.8 Å². The maximum atomic E-state index is 11.7. The van der Waals surface area contributed by atoms with Crippen LogP contribution < -0.4 is 0 Å². The lowest BCUT2D eigenvalue weighted by Crippen LogP contribution is -2.07. The molecular formula is C17H15NO. The zero-order valence-electron chi connectivity index (χ0n) is 10.7. The first-order valence-electron chi connectivity index (χ1n) is 6.59. The summed E-state index contributed by atoms with van der Waals surface area (Å²) in [6.07, 6.45) is 6.68. The quantitative estimate of drug-likeness (QED) is 0.712. The molecule has 94 valence electrons. The smallest absolute Gasteiger partial charge is 0.164 e. The molecule has 0 spiro atoms. The maximum absolute atomic E-state index is 11.7. The molecule has 1 aliphatic rings. The Bertz CT molecular complexity index is 656. The van der Waals surface area contributed by atoms with Crippen LogP contribution in [0.4, 0.5) is 0 Å². The SMILES string of the molecule is O=C1CCCc2cn(CC#Cc3ccccc3)cc21. The lowest BCUT2D eigenvalue weighted by Gasteiger charge is -2.07. The van der Waals surface area contributed by atoms with Crippen molar-refractivity contribution in [1.29, 1.82) is 0 Å². The molecule has 0 fully saturated rings. The van der Waals surface area contributed by atoms with E-state index in [1.165, 1.54) is 5.56 Å². The van der Waals surface area contributed by atoms with Crippen molar-refractivity contribution in [2.24, 2.45) is 0 Å². The van der Waals surface area contributed by atoms with Crippen molar-refractivity contribution >= 4 is 5.78 Å². The second kappa shape index (κ2) is 5.16. The molecule has 19 heavy (non-hydrogen) atoms. The molecule has 1 aliphatic carbocycles. The van der Waals surface area contributed by atoms with Crippen LogP contribution in [0.25, 0.3) is 0 Å². The standard InChI is InChI=1S/C17H15NO/c19-17-10-4-9-15-12-18(13-16(15)17)11-5-8-14-6-2-1-3-7-14/h1-3,6-7,12-13H,4,9-11H2. The van der Waals surface area contributed by atoms with E-state index in [4.69, 9.17) is 0 Å². The van der Waals surface area contributed by atoms with E-state index in [-0.39, 0.29) is 5.78 Å². The van der Waals surface area contributed by atoms with Crippen LogP contribution in [0.1, 0.15) is 34.3 Å². The van der Waals surface area contributed by atoms with E-state index >= 15 is 0 Å². The van der Waals surface area contributed by atoms with E-state index in [1.54, 1.807) is 0 Å². The van der Waals surface area contributed by atoms with E-state index in [2.05, 4.69) is 18.0 Å². The Morgan fingerprint density at radius 3 is 2.74 bits per heavy atom. The number of hydrogen-bond acceptors (Lipinski definition) is 1. The highest BCUT2D eigenvalue weighted by molar-refractivity contribution is 5.98. The Morgan fingerprint density at radius 2 is 1.95 bits per heavy atom. The molecule has 2 nitrogen and oxygen atoms in total. The fraction of sp³-hybridized carbons (Fsp3) is 0.235. The van der Waals surface area contributed by atoms with Gasteiger partial charge in [0, 0.05) is 29.9 Å². The second-order valence-electron chi connectivity index (χ2n) is 4.81. The van der Waals surface area contributed by atoms with Crippen molar-refractivity contribution in [3.05, 3.63) is 59.4 Å². The summed E-state index contributed by atoms with van der Waals surface area (Å²) in [4.78, 5) is 11.7. The molecule has 3 rings (SSSR count). The summed E-state index contributed by atoms with van der Waals surface area (Å²) in [5, 5.41) is 0. The normalized spacial score (nSPS) is 13.6. The number of fused-ring (bicyclic) bond motifs is 1. The highest BCUT2D eigenvalue weighted by Gasteiger charge is 2.18. The zero-order valence-corrected chi connectivity index (χ0v) is 10.7. The van der Waals surface area contributed by atoms with Crippen LogP contribution in [0.5, 0.6) is 0 Å². The summed E-state index contributed by atoms with van der Waals surface area (Å²) < 4.78 is 2.02. The van der Waals surface area contributed by atoms with Gasteiger partial charge in [-0.05, 0) is 30.5 Å². The van der Waals surface area contributed by atoms with Crippen molar-refractivity contribution in [1.82, 2.24) is 4.57 Å². The van der Waals surface area contributed by atoms with Crippen LogP contribution in [0.15, 0.2) is 42.7 Å². The molecule has 1 aromatic heterocycles. The highest BCUT2D eigenvalue weighted by Crippen LogP contribution is 2.21. The summed E-state index contributed by atoms with van der Waals surface area (Å²) in [6.45, 7) is 0.634. The molecule has 0 saturated carbocycles. The number of carbonyl (C=O) groups is 1. The summed E-state index contributed by atoms with van der Waals surface area (Å²) in [5.41, 5.74) is 3.10. The predicted molar refractivity (Wildman–Crippen MR) is 75.0 cm³/mol. The average molecular weight is 249 g/mol. The van der Waals surface area contributed by atoms with Crippen molar-refractivity contribution < 1.29 is 4.79 Å². The Morgan fingerprint density at radius 1 is 1.11 bits per heavy atom. The Kier molecular flexibility index (Phi) is 3.20. The van der Waals surface area contributed by atoms with Gasteiger partial charge in [0.2, 0.25) is 0 Å². The van der Waals surface area contributed by atoms with Gasteiger partial charge in [0.05, 0.1) is 6.54 Å². The molecule has 0 bridgehead atoms. The van der Waals surface area contributed by atoms with Crippen molar-refractivity contribution in [3.63, 3.8) is 0 Å². The van der Waals surface area contributed by atoms with Crippen molar-refractivity contribution in [2.75, 3.05) is 0 Å². The molecule has 1 heterocycles. The van der Waals surface area contributed by atoms with Gasteiger partial charge in [-0.2, -0.15) is 0 Å². The first-order valence-corrected chi connectivity index (χ1v) is 6.59. The van der Waals surface area contributed by atoms with E-state index in [9.17, 15) is 4.79 Å². The first kappa shape index (κ1) is 11.8. The molecular weight excluding hydrogens is 234 g/mol. The predicted octanol–water partition coefficient (Wildman–Crippen LogP) is 3.06. The van der Waals surface area contributed by atoms with Gasteiger partial charge in [-0.1, -0.05) is 30.0 Å². The molecule has 2 aromatic rings. The third kappa shape index (κ3) is 2.61. The van der Waals surface area contributed by atoms with Crippen molar-refractivity contribution in [2.45, 2.75) is 25.8 Å². The molecule has 0 radical (unpaired) electrons. The molecule has 0 aliphatic heterocycles. The molecule has 0 unspecified atom stereocenters. The first-order chi connectivity index (χ1) is 9.33. The van der Waals surface area contributed by atoms with E-state index in [0.29, 0.717) is 13.0 Å². The number of rotatable bonds is 1. The Hall–Kier alpha value is -2.27. The van der Waals surface area contributed by atoms with Crippen LogP contribution in [0.2, 0.25) is 0 Å². The van der Waals surface area contributed by atoms with Crippen LogP contribution in [-0.4, -0.2) is 10.4 Å². The number of ketones is 1. The molecule has 0 atom stereocenters. The van der Waals surface area contributed by atoms with Gasteiger partial charge in [0.25, 0.3) is 0 Å². The summed E-state index contributed by atoms with van der Waals surface area (Å²) in [5.74, 6) is 6.55. The third-order valence-electron chi connectivity index (χ3n) is 3.38. The Labute approximate surface area is 113 Å². The van der Waals surface area contributed by atoms with Gasteiger partial charge in [-0.15, -0.1) is 0 Å². The topological polar surface area (TPSA) is 22.0 Å². The maximum Gasteiger partial charge on any atom is 0.164 e. The van der Waals surface area contributed by atoms with Gasteiger partial charge >= 0.3 is 0 Å². The van der Waals surface area contributed by atoms with E-state index < -0.39 is 0 Å². The molecule has 0 N–H and O–H groups in total. The summed E-state index contributed by atoms with van der Waals surface area (Å²) in [7, 11) is 0. The minimum Gasteiger partial charge on any atom is -0.342 e. The van der Waals surface area contributed by atoms with E-state index in [1.807, 2.05) is 41.1 Å². The average Bonchev–Trinajstić information content (AvgIpc) is 2.84. The van der Waals surface area contributed by atoms with Crippen molar-refractivity contribution in [3.8, 4) is 11.8 Å². The number of carbonyl (C=O) groups excluding carboxylic acids is 1. The van der Waals surface area contributed by atoms with Gasteiger partial charge in [-0.3, -0.25) is 4.79 Å². The highest BCUT2D eigenvalue weighted by atomic mass is 16.1. The molecule has 0 saturated heterocycles. The molecule has 1 aromatic carbocycles. The Balaban J connectivity index is 1.75. The van der Waals surface area contributed by atoms with Crippen LogP contribution in [0.3, 0.4) is 0 Å². The summed E-state index contributed by atoms with van der Waals surface area (Å²) >= 11 is 0. The number of hydrogen-bond donors (Lipinski definition) is 0. The van der Waals surface area contributed by atoms with Gasteiger partial charge in [0.15, 0.2) is 5.78 Å². The number of benzene rings is 1. The van der Waals surface area contributed by atoms with E-state index in [0.717, 1.165) is 24.0 Å².